The fourth-order valence-corrected chi connectivity index (χ4v) is 4.23. The Morgan fingerprint density at radius 3 is 3.06 bits per heavy atom. The summed E-state index contributed by atoms with van der Waals surface area (Å²) in [6.07, 6.45) is 7.66. The van der Waals surface area contributed by atoms with Crippen LogP contribution >= 0.6 is 11.8 Å². The van der Waals surface area contributed by atoms with E-state index in [0.717, 1.165) is 11.7 Å². The number of aromatic amines is 1. The fraction of sp³-hybridized carbons (Fsp3) is 0.769. The molecule has 0 bridgehead atoms. The van der Waals surface area contributed by atoms with Crippen LogP contribution in [0.25, 0.3) is 0 Å². The van der Waals surface area contributed by atoms with E-state index < -0.39 is 0 Å². The Hall–Kier alpha value is -0.480. The second kappa shape index (κ2) is 5.44. The second-order valence-electron chi connectivity index (χ2n) is 5.47. The molecule has 2 unspecified atom stereocenters. The predicted octanol–water partition coefficient (Wildman–Crippen LogP) is 3.06. The highest BCUT2D eigenvalue weighted by Gasteiger charge is 2.39. The molecular weight excluding hydrogens is 230 g/mol. The van der Waals surface area contributed by atoms with Crippen LogP contribution in [0.15, 0.2) is 17.6 Å². The van der Waals surface area contributed by atoms with Crippen molar-refractivity contribution >= 4 is 11.8 Å². The molecule has 1 aromatic rings. The van der Waals surface area contributed by atoms with Gasteiger partial charge in [0.15, 0.2) is 5.16 Å². The number of rotatable bonds is 4. The maximum atomic E-state index is 4.33. The normalized spacial score (nSPS) is 28.2. The Balaban J connectivity index is 2.07. The number of nitrogens with zero attached hydrogens (tertiary/aromatic N) is 1. The molecule has 0 aliphatic heterocycles. The van der Waals surface area contributed by atoms with Gasteiger partial charge in [0, 0.05) is 23.7 Å². The predicted molar refractivity (Wildman–Crippen MR) is 73.3 cm³/mol. The summed E-state index contributed by atoms with van der Waals surface area (Å²) in [6.45, 7) is 8.01. The molecule has 2 N–H and O–H groups in total. The molecule has 1 aromatic heterocycles. The first-order valence-electron chi connectivity index (χ1n) is 6.53. The lowest BCUT2D eigenvalue weighted by molar-refractivity contribution is 0.176. The van der Waals surface area contributed by atoms with Gasteiger partial charge in [-0.05, 0) is 24.8 Å². The Kier molecular flexibility index (Phi) is 4.15. The highest BCUT2D eigenvalue weighted by molar-refractivity contribution is 7.99. The number of nitrogens with one attached hydrogen (secondary N) is 2. The van der Waals surface area contributed by atoms with E-state index in [1.54, 1.807) is 0 Å². The minimum atomic E-state index is 0.387. The van der Waals surface area contributed by atoms with Crippen LogP contribution in [0.5, 0.6) is 0 Å². The van der Waals surface area contributed by atoms with E-state index in [9.17, 15) is 0 Å². The van der Waals surface area contributed by atoms with E-state index in [0.29, 0.717) is 16.7 Å². The van der Waals surface area contributed by atoms with E-state index in [1.165, 1.54) is 19.3 Å². The van der Waals surface area contributed by atoms with Gasteiger partial charge in [0.25, 0.3) is 0 Å². The molecule has 1 aliphatic rings. The van der Waals surface area contributed by atoms with Crippen molar-refractivity contribution in [3.05, 3.63) is 12.4 Å². The summed E-state index contributed by atoms with van der Waals surface area (Å²) in [4.78, 5) is 7.53. The maximum absolute atomic E-state index is 4.33. The molecule has 0 radical (unpaired) electrons. The van der Waals surface area contributed by atoms with E-state index in [2.05, 4.69) is 36.1 Å². The van der Waals surface area contributed by atoms with Crippen molar-refractivity contribution in [2.24, 2.45) is 5.41 Å². The van der Waals surface area contributed by atoms with Gasteiger partial charge in [0.2, 0.25) is 0 Å². The quantitative estimate of drug-likeness (QED) is 0.866. The third-order valence-corrected chi connectivity index (χ3v) is 4.94. The van der Waals surface area contributed by atoms with Crippen molar-refractivity contribution in [1.82, 2.24) is 15.3 Å². The highest BCUT2D eigenvalue weighted by Crippen LogP contribution is 2.42. The van der Waals surface area contributed by atoms with E-state index in [1.807, 2.05) is 24.2 Å². The van der Waals surface area contributed by atoms with Gasteiger partial charge >= 0.3 is 0 Å². The zero-order chi connectivity index (χ0) is 12.3. The summed E-state index contributed by atoms with van der Waals surface area (Å²) in [5.74, 6) is 0. The Labute approximate surface area is 108 Å². The Bertz CT molecular complexity index is 334. The molecular formula is C13H23N3S. The summed E-state index contributed by atoms with van der Waals surface area (Å²) in [5.41, 5.74) is 0.387. The van der Waals surface area contributed by atoms with Crippen molar-refractivity contribution < 1.29 is 0 Å². The van der Waals surface area contributed by atoms with E-state index >= 15 is 0 Å². The van der Waals surface area contributed by atoms with Crippen LogP contribution in [-0.2, 0) is 0 Å². The summed E-state index contributed by atoms with van der Waals surface area (Å²) in [7, 11) is 0. The molecule has 1 saturated carbocycles. The number of hydrogen-bond acceptors (Lipinski definition) is 3. The molecule has 0 saturated heterocycles. The van der Waals surface area contributed by atoms with Gasteiger partial charge < -0.3 is 10.3 Å². The first-order valence-corrected chi connectivity index (χ1v) is 7.41. The smallest absolute Gasteiger partial charge is 0.165 e. The standard InChI is InChI=1S/C13H23N3S/c1-4-14-11-10(6-5-7-13(11,2)3)17-12-15-8-9-16-12/h8-11,14H,4-7H2,1-3H3,(H,15,16). The monoisotopic (exact) mass is 253 g/mol. The molecule has 1 heterocycles. The van der Waals surface area contributed by atoms with Crippen LogP contribution in [0.1, 0.15) is 40.0 Å². The third-order valence-electron chi connectivity index (χ3n) is 3.68. The zero-order valence-corrected chi connectivity index (χ0v) is 11.8. The lowest BCUT2D eigenvalue weighted by Gasteiger charge is -2.44. The first kappa shape index (κ1) is 13.0. The van der Waals surface area contributed by atoms with E-state index in [4.69, 9.17) is 0 Å². The maximum Gasteiger partial charge on any atom is 0.165 e. The molecule has 2 atom stereocenters. The lowest BCUT2D eigenvalue weighted by Crippen LogP contribution is -2.51. The summed E-state index contributed by atoms with van der Waals surface area (Å²) in [5, 5.41) is 5.36. The van der Waals surface area contributed by atoms with Crippen LogP contribution in [-0.4, -0.2) is 27.8 Å². The largest absolute Gasteiger partial charge is 0.340 e. The van der Waals surface area contributed by atoms with Gasteiger partial charge in [0.05, 0.1) is 0 Å². The minimum absolute atomic E-state index is 0.387. The second-order valence-corrected chi connectivity index (χ2v) is 6.69. The zero-order valence-electron chi connectivity index (χ0n) is 11.0. The summed E-state index contributed by atoms with van der Waals surface area (Å²) < 4.78 is 0. The first-order chi connectivity index (χ1) is 8.13. The molecule has 4 heteroatoms. The number of hydrogen-bond donors (Lipinski definition) is 2. The molecule has 3 nitrogen and oxygen atoms in total. The van der Waals surface area contributed by atoms with Crippen molar-refractivity contribution in [2.75, 3.05) is 6.54 Å². The summed E-state index contributed by atoms with van der Waals surface area (Å²) >= 11 is 1.89. The molecule has 0 spiro atoms. The van der Waals surface area contributed by atoms with Gasteiger partial charge in [-0.15, -0.1) is 0 Å². The molecule has 0 amide bonds. The number of imidazole rings is 1. The SMILES string of the molecule is CCNC1C(Sc2ncc[nH]2)CCCC1(C)C. The summed E-state index contributed by atoms with van der Waals surface area (Å²) in [6, 6.07) is 0.580. The Morgan fingerprint density at radius 1 is 1.59 bits per heavy atom. The van der Waals surface area contributed by atoms with Gasteiger partial charge in [-0.2, -0.15) is 0 Å². The third kappa shape index (κ3) is 3.05. The average Bonchev–Trinajstić information content (AvgIpc) is 2.75. The highest BCUT2D eigenvalue weighted by atomic mass is 32.2. The van der Waals surface area contributed by atoms with Gasteiger partial charge in [0.1, 0.15) is 0 Å². The van der Waals surface area contributed by atoms with Gasteiger partial charge in [-0.25, -0.2) is 4.98 Å². The average molecular weight is 253 g/mol. The molecule has 17 heavy (non-hydrogen) atoms. The van der Waals surface area contributed by atoms with Crippen LogP contribution in [0.3, 0.4) is 0 Å². The fourth-order valence-electron chi connectivity index (χ4n) is 2.80. The lowest BCUT2D eigenvalue weighted by atomic mass is 9.73. The Morgan fingerprint density at radius 2 is 2.41 bits per heavy atom. The van der Waals surface area contributed by atoms with Crippen LogP contribution in [0.4, 0.5) is 0 Å². The van der Waals surface area contributed by atoms with Crippen molar-refractivity contribution in [1.29, 1.82) is 0 Å². The molecule has 1 aliphatic carbocycles. The van der Waals surface area contributed by atoms with Crippen molar-refractivity contribution in [2.45, 2.75) is 56.5 Å². The van der Waals surface area contributed by atoms with Crippen molar-refractivity contribution in [3.63, 3.8) is 0 Å². The topological polar surface area (TPSA) is 40.7 Å². The number of thioether (sulfide) groups is 1. The van der Waals surface area contributed by atoms with Crippen LogP contribution in [0, 0.1) is 5.41 Å². The molecule has 0 aromatic carbocycles. The van der Waals surface area contributed by atoms with Gasteiger partial charge in [-0.1, -0.05) is 39.0 Å². The number of aromatic nitrogens is 2. The minimum Gasteiger partial charge on any atom is -0.340 e. The van der Waals surface area contributed by atoms with Crippen LogP contribution in [0.2, 0.25) is 0 Å². The van der Waals surface area contributed by atoms with Crippen molar-refractivity contribution in [3.8, 4) is 0 Å². The molecule has 2 rings (SSSR count). The van der Waals surface area contributed by atoms with Gasteiger partial charge in [-0.3, -0.25) is 0 Å². The van der Waals surface area contributed by atoms with E-state index in [-0.39, 0.29) is 0 Å². The number of H-pyrrole nitrogens is 1. The van der Waals surface area contributed by atoms with Crippen LogP contribution < -0.4 is 5.32 Å². The molecule has 1 fully saturated rings. The molecule has 96 valence electrons.